The maximum Gasteiger partial charge on any atom is 0.222 e. The number of fused-ring (bicyclic) bond motifs is 1. The van der Waals surface area contributed by atoms with E-state index in [9.17, 15) is 5.11 Å². The van der Waals surface area contributed by atoms with Gasteiger partial charge in [0.05, 0.1) is 24.8 Å². The molecular formula is C16H19N5O2. The molecule has 23 heavy (non-hydrogen) atoms. The van der Waals surface area contributed by atoms with Crippen molar-refractivity contribution in [3.8, 4) is 0 Å². The van der Waals surface area contributed by atoms with Crippen molar-refractivity contribution in [3.05, 3.63) is 29.8 Å². The van der Waals surface area contributed by atoms with Crippen LogP contribution < -0.4 is 11.1 Å². The summed E-state index contributed by atoms with van der Waals surface area (Å²) >= 11 is 0. The van der Waals surface area contributed by atoms with E-state index in [1.165, 1.54) is 0 Å². The van der Waals surface area contributed by atoms with Gasteiger partial charge in [0.15, 0.2) is 0 Å². The third-order valence-corrected chi connectivity index (χ3v) is 3.59. The summed E-state index contributed by atoms with van der Waals surface area (Å²) in [6, 6.07) is 5.94. The van der Waals surface area contributed by atoms with Gasteiger partial charge in [0.25, 0.3) is 0 Å². The number of aliphatic imine (C=N–C) groups is 1. The van der Waals surface area contributed by atoms with Crippen molar-refractivity contribution in [2.45, 2.75) is 6.10 Å². The number of ether oxygens (including phenoxy) is 1. The third-order valence-electron chi connectivity index (χ3n) is 3.59. The lowest BCUT2D eigenvalue weighted by Gasteiger charge is -2.13. The fraction of sp³-hybridized carbons (Fsp3) is 0.312. The first kappa shape index (κ1) is 15.4. The van der Waals surface area contributed by atoms with Crippen LogP contribution in [-0.2, 0) is 4.74 Å². The molecule has 0 aliphatic carbocycles. The van der Waals surface area contributed by atoms with Crippen molar-refractivity contribution >= 4 is 34.5 Å². The van der Waals surface area contributed by atoms with Crippen molar-refractivity contribution in [3.63, 3.8) is 0 Å². The number of allylic oxidation sites excluding steroid dienone is 1. The van der Waals surface area contributed by atoms with E-state index >= 15 is 0 Å². The Morgan fingerprint density at radius 1 is 1.39 bits per heavy atom. The standard InChI is InChI=1S/C16H19N5O2/c1-23-9-12(22)8-19-15-13-3-2-10(11-4-5-18-7-11)6-14(13)20-16(17)21-15/h2-6,12,22H,7-9H2,1H3,(H3,17,19,20,21). The number of nitrogen functional groups attached to an aromatic ring is 1. The summed E-state index contributed by atoms with van der Waals surface area (Å²) in [5, 5.41) is 13.7. The van der Waals surface area contributed by atoms with Gasteiger partial charge in [0.1, 0.15) is 5.82 Å². The Morgan fingerprint density at radius 2 is 2.26 bits per heavy atom. The number of aliphatic hydroxyl groups excluding tert-OH is 1. The normalized spacial score (nSPS) is 15.0. The molecule has 120 valence electrons. The minimum Gasteiger partial charge on any atom is -0.389 e. The number of nitrogens with two attached hydrogens (primary N) is 1. The summed E-state index contributed by atoms with van der Waals surface area (Å²) in [6.45, 7) is 1.25. The highest BCUT2D eigenvalue weighted by atomic mass is 16.5. The van der Waals surface area contributed by atoms with Crippen molar-refractivity contribution in [1.82, 2.24) is 9.97 Å². The zero-order valence-corrected chi connectivity index (χ0v) is 12.9. The maximum atomic E-state index is 9.76. The Bertz CT molecular complexity index is 772. The zero-order chi connectivity index (χ0) is 16.2. The third kappa shape index (κ3) is 3.46. The Morgan fingerprint density at radius 3 is 3.00 bits per heavy atom. The lowest BCUT2D eigenvalue weighted by atomic mass is 10.0. The van der Waals surface area contributed by atoms with Crippen LogP contribution in [0.2, 0.25) is 0 Å². The average molecular weight is 313 g/mol. The number of aromatic nitrogens is 2. The molecule has 1 unspecified atom stereocenters. The number of benzene rings is 1. The highest BCUT2D eigenvalue weighted by Gasteiger charge is 2.11. The molecule has 1 aliphatic heterocycles. The first-order valence-electron chi connectivity index (χ1n) is 7.35. The zero-order valence-electron chi connectivity index (χ0n) is 12.9. The number of rotatable bonds is 6. The largest absolute Gasteiger partial charge is 0.389 e. The first-order valence-corrected chi connectivity index (χ1v) is 7.35. The molecule has 0 saturated heterocycles. The van der Waals surface area contributed by atoms with Crippen LogP contribution in [0.1, 0.15) is 5.56 Å². The summed E-state index contributed by atoms with van der Waals surface area (Å²) in [6.07, 6.45) is 3.18. The molecule has 0 fully saturated rings. The highest BCUT2D eigenvalue weighted by molar-refractivity contribution is 5.95. The van der Waals surface area contributed by atoms with Gasteiger partial charge in [-0.2, -0.15) is 4.98 Å². The molecule has 1 aromatic carbocycles. The maximum absolute atomic E-state index is 9.76. The van der Waals surface area contributed by atoms with Gasteiger partial charge in [-0.05, 0) is 29.3 Å². The topological polar surface area (TPSA) is 106 Å². The van der Waals surface area contributed by atoms with E-state index in [1.807, 2.05) is 24.3 Å². The van der Waals surface area contributed by atoms with Gasteiger partial charge >= 0.3 is 0 Å². The van der Waals surface area contributed by atoms with Crippen molar-refractivity contribution in [2.24, 2.45) is 4.99 Å². The summed E-state index contributed by atoms with van der Waals surface area (Å²) in [7, 11) is 1.55. The molecule has 4 N–H and O–H groups in total. The fourth-order valence-electron chi connectivity index (χ4n) is 2.48. The number of nitrogens with one attached hydrogen (secondary N) is 1. The summed E-state index contributed by atoms with van der Waals surface area (Å²) in [5.41, 5.74) is 8.78. The quantitative estimate of drug-likeness (QED) is 0.737. The van der Waals surface area contributed by atoms with Crippen LogP contribution in [0, 0.1) is 0 Å². The minimum absolute atomic E-state index is 0.190. The number of aliphatic hydroxyl groups is 1. The number of nitrogens with zero attached hydrogens (tertiary/aromatic N) is 3. The SMILES string of the molecule is COCC(O)CNc1nc(N)nc2cc(C3=CC=NC3)ccc12. The van der Waals surface area contributed by atoms with Gasteiger partial charge < -0.3 is 20.9 Å². The van der Waals surface area contributed by atoms with E-state index in [4.69, 9.17) is 10.5 Å². The number of methoxy groups -OCH3 is 1. The molecule has 2 aromatic rings. The summed E-state index contributed by atoms with van der Waals surface area (Å²) in [5.74, 6) is 0.792. The molecule has 7 nitrogen and oxygen atoms in total. The molecule has 0 bridgehead atoms. The van der Waals surface area contributed by atoms with Crippen LogP contribution in [-0.4, -0.2) is 54.2 Å². The number of anilines is 2. The van der Waals surface area contributed by atoms with E-state index < -0.39 is 6.10 Å². The van der Waals surface area contributed by atoms with Crippen LogP contribution in [0.4, 0.5) is 11.8 Å². The molecule has 0 radical (unpaired) electrons. The smallest absolute Gasteiger partial charge is 0.222 e. The molecule has 0 saturated carbocycles. The Kier molecular flexibility index (Phi) is 4.50. The van der Waals surface area contributed by atoms with Gasteiger partial charge in [0.2, 0.25) is 5.95 Å². The monoisotopic (exact) mass is 313 g/mol. The summed E-state index contributed by atoms with van der Waals surface area (Å²) < 4.78 is 4.91. The van der Waals surface area contributed by atoms with Crippen molar-refractivity contribution < 1.29 is 9.84 Å². The molecule has 0 spiro atoms. The van der Waals surface area contributed by atoms with Crippen molar-refractivity contribution in [1.29, 1.82) is 0 Å². The second kappa shape index (κ2) is 6.72. The van der Waals surface area contributed by atoms with E-state index in [1.54, 1.807) is 13.3 Å². The van der Waals surface area contributed by atoms with Crippen LogP contribution in [0.3, 0.4) is 0 Å². The first-order chi connectivity index (χ1) is 11.2. The van der Waals surface area contributed by atoms with Crippen LogP contribution >= 0.6 is 0 Å². The van der Waals surface area contributed by atoms with Gasteiger partial charge in [-0.15, -0.1) is 0 Å². The van der Waals surface area contributed by atoms with Gasteiger partial charge in [-0.25, -0.2) is 4.98 Å². The fourth-order valence-corrected chi connectivity index (χ4v) is 2.48. The molecule has 7 heteroatoms. The predicted molar refractivity (Wildman–Crippen MR) is 91.7 cm³/mol. The Labute approximate surface area is 133 Å². The van der Waals surface area contributed by atoms with Crippen molar-refractivity contribution in [2.75, 3.05) is 37.9 Å². The van der Waals surface area contributed by atoms with Crippen LogP contribution in [0.15, 0.2) is 29.3 Å². The lowest BCUT2D eigenvalue weighted by molar-refractivity contribution is 0.0727. The van der Waals surface area contributed by atoms with Gasteiger partial charge in [-0.1, -0.05) is 6.07 Å². The predicted octanol–water partition coefficient (Wildman–Crippen LogP) is 1.10. The molecule has 0 amide bonds. The minimum atomic E-state index is -0.619. The molecular weight excluding hydrogens is 294 g/mol. The van der Waals surface area contributed by atoms with E-state index in [0.29, 0.717) is 18.9 Å². The van der Waals surface area contributed by atoms with E-state index in [0.717, 1.165) is 22.0 Å². The van der Waals surface area contributed by atoms with Gasteiger partial charge in [0, 0.05) is 25.3 Å². The van der Waals surface area contributed by atoms with Gasteiger partial charge in [-0.3, -0.25) is 4.99 Å². The molecule has 1 aliphatic rings. The number of hydrogen-bond acceptors (Lipinski definition) is 7. The molecule has 3 rings (SSSR count). The Hall–Kier alpha value is -2.51. The Balaban J connectivity index is 1.89. The molecule has 2 heterocycles. The lowest BCUT2D eigenvalue weighted by Crippen LogP contribution is -2.24. The molecule has 1 atom stereocenters. The second-order valence-corrected chi connectivity index (χ2v) is 5.33. The second-order valence-electron chi connectivity index (χ2n) is 5.33. The van der Waals surface area contributed by atoms with E-state index in [-0.39, 0.29) is 12.6 Å². The molecule has 1 aromatic heterocycles. The van der Waals surface area contributed by atoms with Crippen LogP contribution in [0.25, 0.3) is 16.5 Å². The average Bonchev–Trinajstić information content (AvgIpc) is 3.06. The number of hydrogen-bond donors (Lipinski definition) is 3. The summed E-state index contributed by atoms with van der Waals surface area (Å²) in [4.78, 5) is 12.7. The van der Waals surface area contributed by atoms with Crippen LogP contribution in [0.5, 0.6) is 0 Å². The highest BCUT2D eigenvalue weighted by Crippen LogP contribution is 2.26. The van der Waals surface area contributed by atoms with E-state index in [2.05, 4.69) is 20.3 Å².